The van der Waals surface area contributed by atoms with Crippen LogP contribution in [0.3, 0.4) is 0 Å². The van der Waals surface area contributed by atoms with Crippen molar-refractivity contribution in [2.75, 3.05) is 36.4 Å². The number of halogens is 1. The van der Waals surface area contributed by atoms with Crippen molar-refractivity contribution in [3.63, 3.8) is 0 Å². The second-order valence-electron chi connectivity index (χ2n) is 7.86. The van der Waals surface area contributed by atoms with Gasteiger partial charge in [0.1, 0.15) is 18.0 Å². The number of aromatic nitrogens is 5. The van der Waals surface area contributed by atoms with Gasteiger partial charge in [0.25, 0.3) is 0 Å². The molecule has 0 bridgehead atoms. The number of pyridine rings is 1. The smallest absolute Gasteiger partial charge is 0.227 e. The number of amides is 1. The molecule has 1 N–H and O–H groups in total. The zero-order chi connectivity index (χ0) is 22.2. The van der Waals surface area contributed by atoms with Gasteiger partial charge in [0.2, 0.25) is 11.9 Å². The first-order chi connectivity index (χ1) is 15.5. The van der Waals surface area contributed by atoms with Crippen LogP contribution in [-0.2, 0) is 11.3 Å². The molecule has 0 unspecified atom stereocenters. The molecule has 3 aromatic heterocycles. The van der Waals surface area contributed by atoms with Crippen molar-refractivity contribution in [2.45, 2.75) is 20.4 Å². The fourth-order valence-electron chi connectivity index (χ4n) is 4.08. The van der Waals surface area contributed by atoms with Gasteiger partial charge in [0.05, 0.1) is 11.7 Å². The molecule has 1 aliphatic heterocycles. The second kappa shape index (κ2) is 8.03. The van der Waals surface area contributed by atoms with E-state index in [9.17, 15) is 9.18 Å². The number of aryl methyl sites for hydroxylation is 1. The highest BCUT2D eigenvalue weighted by molar-refractivity contribution is 5.85. The number of anilines is 2. The summed E-state index contributed by atoms with van der Waals surface area (Å²) < 4.78 is 15.9. The molecule has 0 spiro atoms. The molecule has 1 aliphatic rings. The van der Waals surface area contributed by atoms with Crippen LogP contribution in [-0.4, -0.2) is 61.6 Å². The molecule has 0 aliphatic carbocycles. The highest BCUT2D eigenvalue weighted by Crippen LogP contribution is 2.28. The maximum atomic E-state index is 14.2. The predicted octanol–water partition coefficient (Wildman–Crippen LogP) is 2.40. The molecule has 4 aromatic rings. The number of rotatable bonds is 4. The lowest BCUT2D eigenvalue weighted by Crippen LogP contribution is -2.48. The standard InChI is InChI=1S/C22H23FN8O/c1-14-18(23)4-3-16-11-17(12-24-22-26-13-25-19-5-6-27-31(19)22)21(28-20(14)16)30-9-7-29(8-10-30)15(2)32/h3-6,11,13H,7-10,12H2,1-2H3,(H,24,25,26). The Kier molecular flexibility index (Phi) is 5.04. The van der Waals surface area contributed by atoms with Gasteiger partial charge in [-0.25, -0.2) is 19.3 Å². The number of piperazine rings is 1. The summed E-state index contributed by atoms with van der Waals surface area (Å²) in [5, 5.41) is 8.47. The molecule has 10 heteroatoms. The fraction of sp³-hybridized carbons (Fsp3) is 0.318. The molecule has 5 rings (SSSR count). The van der Waals surface area contributed by atoms with Gasteiger partial charge in [-0.1, -0.05) is 0 Å². The second-order valence-corrected chi connectivity index (χ2v) is 7.86. The lowest BCUT2D eigenvalue weighted by atomic mass is 10.1. The number of carbonyl (C=O) groups is 1. The van der Waals surface area contributed by atoms with E-state index in [2.05, 4.69) is 25.3 Å². The number of fused-ring (bicyclic) bond motifs is 2. The maximum Gasteiger partial charge on any atom is 0.227 e. The third-order valence-electron chi connectivity index (χ3n) is 5.89. The number of benzene rings is 1. The van der Waals surface area contributed by atoms with Crippen molar-refractivity contribution in [1.82, 2.24) is 29.5 Å². The first-order valence-electron chi connectivity index (χ1n) is 10.5. The van der Waals surface area contributed by atoms with E-state index < -0.39 is 0 Å². The van der Waals surface area contributed by atoms with Crippen LogP contribution in [0.1, 0.15) is 18.1 Å². The lowest BCUT2D eigenvalue weighted by Gasteiger charge is -2.36. The van der Waals surface area contributed by atoms with E-state index in [1.807, 2.05) is 17.0 Å². The summed E-state index contributed by atoms with van der Waals surface area (Å²) in [7, 11) is 0. The molecule has 1 amide bonds. The van der Waals surface area contributed by atoms with Crippen LogP contribution >= 0.6 is 0 Å². The fourth-order valence-corrected chi connectivity index (χ4v) is 4.08. The average Bonchev–Trinajstić information content (AvgIpc) is 3.29. The molecule has 164 valence electrons. The van der Waals surface area contributed by atoms with Gasteiger partial charge in [0.15, 0.2) is 5.65 Å². The molecule has 4 heterocycles. The summed E-state index contributed by atoms with van der Waals surface area (Å²) in [4.78, 5) is 29.1. The monoisotopic (exact) mass is 434 g/mol. The number of carbonyl (C=O) groups excluding carboxylic acids is 1. The number of nitrogens with zero attached hydrogens (tertiary/aromatic N) is 7. The molecule has 1 fully saturated rings. The third-order valence-corrected chi connectivity index (χ3v) is 5.89. The van der Waals surface area contributed by atoms with Gasteiger partial charge in [-0.15, -0.1) is 0 Å². The van der Waals surface area contributed by atoms with Crippen LogP contribution in [0.2, 0.25) is 0 Å². The van der Waals surface area contributed by atoms with Crippen LogP contribution in [0.4, 0.5) is 16.2 Å². The van der Waals surface area contributed by atoms with Crippen molar-refractivity contribution >= 4 is 34.2 Å². The summed E-state index contributed by atoms with van der Waals surface area (Å²) in [6.07, 6.45) is 3.16. The number of nitrogens with one attached hydrogen (secondary N) is 1. The zero-order valence-corrected chi connectivity index (χ0v) is 17.9. The molecule has 0 atom stereocenters. The summed E-state index contributed by atoms with van der Waals surface area (Å²) in [5.74, 6) is 1.16. The minimum absolute atomic E-state index is 0.0722. The quantitative estimate of drug-likeness (QED) is 0.527. The van der Waals surface area contributed by atoms with Gasteiger partial charge < -0.3 is 15.1 Å². The van der Waals surface area contributed by atoms with Crippen molar-refractivity contribution in [2.24, 2.45) is 0 Å². The van der Waals surface area contributed by atoms with Gasteiger partial charge in [-0.3, -0.25) is 4.79 Å². The van der Waals surface area contributed by atoms with E-state index in [1.165, 1.54) is 12.4 Å². The average molecular weight is 434 g/mol. The third kappa shape index (κ3) is 3.57. The van der Waals surface area contributed by atoms with Gasteiger partial charge in [-0.05, 0) is 25.1 Å². The van der Waals surface area contributed by atoms with E-state index in [4.69, 9.17) is 4.98 Å². The summed E-state index contributed by atoms with van der Waals surface area (Å²) in [5.41, 5.74) is 2.83. The Hall–Kier alpha value is -3.82. The highest BCUT2D eigenvalue weighted by atomic mass is 19.1. The van der Waals surface area contributed by atoms with Crippen LogP contribution in [0.25, 0.3) is 16.6 Å². The van der Waals surface area contributed by atoms with Gasteiger partial charge in [0, 0.05) is 62.2 Å². The number of hydrogen-bond acceptors (Lipinski definition) is 7. The Morgan fingerprint density at radius 3 is 2.75 bits per heavy atom. The van der Waals surface area contributed by atoms with Crippen LogP contribution in [0.5, 0.6) is 0 Å². The SMILES string of the molecule is CC(=O)N1CCN(c2nc3c(C)c(F)ccc3cc2CNc2ncnc3ccnn23)CC1. The molecule has 32 heavy (non-hydrogen) atoms. The Morgan fingerprint density at radius 1 is 1.16 bits per heavy atom. The molecule has 1 aromatic carbocycles. The minimum atomic E-state index is -0.273. The summed E-state index contributed by atoms with van der Waals surface area (Å²) in [6, 6.07) is 7.07. The first-order valence-corrected chi connectivity index (χ1v) is 10.5. The summed E-state index contributed by atoms with van der Waals surface area (Å²) >= 11 is 0. The number of hydrogen-bond donors (Lipinski definition) is 1. The minimum Gasteiger partial charge on any atom is -0.353 e. The maximum absolute atomic E-state index is 14.2. The first kappa shape index (κ1) is 20.1. The van der Waals surface area contributed by atoms with E-state index in [-0.39, 0.29) is 11.7 Å². The van der Waals surface area contributed by atoms with E-state index in [0.717, 1.165) is 16.8 Å². The Balaban J connectivity index is 1.51. The van der Waals surface area contributed by atoms with Crippen LogP contribution < -0.4 is 10.2 Å². The van der Waals surface area contributed by atoms with Crippen molar-refractivity contribution in [3.8, 4) is 0 Å². The van der Waals surface area contributed by atoms with Crippen molar-refractivity contribution in [3.05, 3.63) is 53.7 Å². The Labute approximate surface area is 183 Å². The molecule has 0 saturated carbocycles. The van der Waals surface area contributed by atoms with E-state index in [0.29, 0.717) is 55.4 Å². The zero-order valence-electron chi connectivity index (χ0n) is 17.9. The molecule has 1 saturated heterocycles. The van der Waals surface area contributed by atoms with Crippen LogP contribution in [0.15, 0.2) is 36.8 Å². The van der Waals surface area contributed by atoms with Crippen molar-refractivity contribution < 1.29 is 9.18 Å². The molecule has 9 nitrogen and oxygen atoms in total. The molecular formula is C22H23FN8O. The topological polar surface area (TPSA) is 91.5 Å². The Morgan fingerprint density at radius 2 is 1.97 bits per heavy atom. The highest BCUT2D eigenvalue weighted by Gasteiger charge is 2.23. The van der Waals surface area contributed by atoms with Crippen molar-refractivity contribution in [1.29, 1.82) is 0 Å². The largest absolute Gasteiger partial charge is 0.353 e. The predicted molar refractivity (Wildman–Crippen MR) is 119 cm³/mol. The van der Waals surface area contributed by atoms with Crippen LogP contribution in [0, 0.1) is 12.7 Å². The lowest BCUT2D eigenvalue weighted by molar-refractivity contribution is -0.129. The molecular weight excluding hydrogens is 411 g/mol. The van der Waals surface area contributed by atoms with Gasteiger partial charge in [-0.2, -0.15) is 9.61 Å². The van der Waals surface area contributed by atoms with Gasteiger partial charge >= 0.3 is 0 Å². The summed E-state index contributed by atoms with van der Waals surface area (Å²) in [6.45, 7) is 6.37. The normalized spacial score (nSPS) is 14.3. The van der Waals surface area contributed by atoms with E-state index >= 15 is 0 Å². The Bertz CT molecular complexity index is 1310. The molecule has 0 radical (unpaired) electrons. The van der Waals surface area contributed by atoms with E-state index in [1.54, 1.807) is 30.6 Å².